The second-order valence-electron chi connectivity index (χ2n) is 16.4. The van der Waals surface area contributed by atoms with E-state index in [0.29, 0.717) is 31.2 Å². The topological polar surface area (TPSA) is 189 Å². The number of carbonyl (C=O) groups is 6. The van der Waals surface area contributed by atoms with Gasteiger partial charge in [-0.1, -0.05) is 72.6 Å². The largest absolute Gasteiger partial charge is 0.447 e. The van der Waals surface area contributed by atoms with Crippen molar-refractivity contribution in [2.24, 2.45) is 47.2 Å². The summed E-state index contributed by atoms with van der Waals surface area (Å²) in [4.78, 5) is 81.1. The minimum absolute atomic E-state index is 0.0354. The van der Waals surface area contributed by atoms with Crippen molar-refractivity contribution < 1.29 is 33.5 Å². The number of fused-ring (bicyclic) bond motifs is 1. The molecule has 4 aliphatic rings. The summed E-state index contributed by atoms with van der Waals surface area (Å²) in [5.74, 6) is -1.73. The van der Waals surface area contributed by atoms with Gasteiger partial charge in [0.2, 0.25) is 17.6 Å². The van der Waals surface area contributed by atoms with E-state index in [1.165, 1.54) is 0 Å². The summed E-state index contributed by atoms with van der Waals surface area (Å²) in [5.41, 5.74) is 5.39. The Morgan fingerprint density at radius 1 is 0.800 bits per heavy atom. The maximum Gasteiger partial charge on any atom is 0.407 e. The fourth-order valence-electron chi connectivity index (χ4n) is 8.63. The van der Waals surface area contributed by atoms with E-state index in [9.17, 15) is 28.8 Å². The number of nitrogens with one attached hydrogen (secondary N) is 4. The lowest BCUT2D eigenvalue weighted by Crippen LogP contribution is -2.60. The quantitative estimate of drug-likeness (QED) is 0.161. The highest BCUT2D eigenvalue weighted by Crippen LogP contribution is 2.47. The first-order valence-electron chi connectivity index (χ1n) is 19.1. The van der Waals surface area contributed by atoms with Crippen LogP contribution in [0.5, 0.6) is 0 Å². The number of likely N-dealkylation sites (tertiary alicyclic amines) is 1. The van der Waals surface area contributed by atoms with Gasteiger partial charge < -0.3 is 36.6 Å². The zero-order valence-electron chi connectivity index (χ0n) is 31.0. The van der Waals surface area contributed by atoms with Crippen LogP contribution in [0.15, 0.2) is 0 Å². The highest BCUT2D eigenvalue weighted by molar-refractivity contribution is 6.37. The number of primary amides is 1. The first-order chi connectivity index (χ1) is 23.7. The highest BCUT2D eigenvalue weighted by atomic mass is 16.5. The predicted molar refractivity (Wildman–Crippen MR) is 188 cm³/mol. The molecule has 3 saturated carbocycles. The predicted octanol–water partition coefficient (Wildman–Crippen LogP) is 3.63. The van der Waals surface area contributed by atoms with Gasteiger partial charge in [-0.3, -0.25) is 19.2 Å². The van der Waals surface area contributed by atoms with Crippen molar-refractivity contribution in [3.8, 4) is 0 Å². The Balaban J connectivity index is 1.55. The number of alkyl carbamates (subject to hydrolysis) is 1. The third-order valence-corrected chi connectivity index (χ3v) is 11.7. The maximum absolute atomic E-state index is 14.7. The van der Waals surface area contributed by atoms with Gasteiger partial charge in [-0.05, 0) is 81.0 Å². The molecule has 0 radical (unpaired) electrons. The molecule has 0 aromatic rings. The van der Waals surface area contributed by atoms with Crippen LogP contribution in [0.2, 0.25) is 0 Å². The van der Waals surface area contributed by atoms with E-state index in [-0.39, 0.29) is 48.1 Å². The number of rotatable bonds is 15. The fourth-order valence-corrected chi connectivity index (χ4v) is 8.63. The standard InChI is InChI=1S/C37H62N6O7/c1-20(2)27-14-15-43(31(27)34(46)40-28(32(44)33(38)45)16-23-10-9-11-23)35(47)30(26-17-24-12-7-8-13-25(24)18-26)42-36(48)41-29(21(3)4)19-50-37(49)39-22(5)6/h20-31H,7-19H2,1-6H3,(H2,38,45)(H,39,49)(H,40,46)(H2,41,42,48)/t24?,25?,26?,27-,28?,29-,30?,31?/m1/s1. The molecule has 0 spiro atoms. The number of urea groups is 1. The average molecular weight is 703 g/mol. The molecule has 7 atom stereocenters. The third-order valence-electron chi connectivity index (χ3n) is 11.7. The summed E-state index contributed by atoms with van der Waals surface area (Å²) in [6.45, 7) is 11.8. The summed E-state index contributed by atoms with van der Waals surface area (Å²) in [6, 6.07) is -3.88. The second-order valence-corrected chi connectivity index (χ2v) is 16.4. The average Bonchev–Trinajstić information content (AvgIpc) is 3.67. The van der Waals surface area contributed by atoms with Gasteiger partial charge in [0, 0.05) is 12.6 Å². The van der Waals surface area contributed by atoms with Gasteiger partial charge >= 0.3 is 12.1 Å². The van der Waals surface area contributed by atoms with Crippen LogP contribution in [-0.4, -0.2) is 83.9 Å². The molecule has 5 unspecified atom stereocenters. The van der Waals surface area contributed by atoms with Crippen molar-refractivity contribution >= 4 is 35.6 Å². The van der Waals surface area contributed by atoms with Crippen molar-refractivity contribution in [1.29, 1.82) is 0 Å². The van der Waals surface area contributed by atoms with Gasteiger partial charge in [0.1, 0.15) is 18.7 Å². The molecule has 4 fully saturated rings. The lowest BCUT2D eigenvalue weighted by Gasteiger charge is -2.35. The van der Waals surface area contributed by atoms with Crippen LogP contribution in [0.1, 0.15) is 112 Å². The van der Waals surface area contributed by atoms with Gasteiger partial charge in [-0.2, -0.15) is 0 Å². The van der Waals surface area contributed by atoms with Crippen molar-refractivity contribution in [1.82, 2.24) is 26.2 Å². The van der Waals surface area contributed by atoms with Crippen molar-refractivity contribution in [3.63, 3.8) is 0 Å². The van der Waals surface area contributed by atoms with Crippen LogP contribution in [0.4, 0.5) is 9.59 Å². The van der Waals surface area contributed by atoms with Crippen LogP contribution in [-0.2, 0) is 23.9 Å². The van der Waals surface area contributed by atoms with E-state index >= 15 is 0 Å². The fraction of sp³-hybridized carbons (Fsp3) is 0.838. The molecule has 1 aliphatic heterocycles. The molecule has 282 valence electrons. The zero-order chi connectivity index (χ0) is 36.7. The minimum Gasteiger partial charge on any atom is -0.447 e. The minimum atomic E-state index is -1.09. The number of Topliss-reactive ketones (excluding diaryl/α,β-unsaturated/α-hetero) is 1. The second kappa shape index (κ2) is 17.7. The Bertz CT molecular complexity index is 1220. The van der Waals surface area contributed by atoms with Gasteiger partial charge in [-0.25, -0.2) is 9.59 Å². The highest BCUT2D eigenvalue weighted by Gasteiger charge is 2.49. The molecular weight excluding hydrogens is 640 g/mol. The molecule has 1 saturated heterocycles. The van der Waals surface area contributed by atoms with Crippen LogP contribution >= 0.6 is 0 Å². The van der Waals surface area contributed by atoms with Gasteiger partial charge in [-0.15, -0.1) is 0 Å². The Morgan fingerprint density at radius 2 is 1.44 bits per heavy atom. The first-order valence-corrected chi connectivity index (χ1v) is 19.1. The smallest absolute Gasteiger partial charge is 0.407 e. The van der Waals surface area contributed by atoms with Gasteiger partial charge in [0.25, 0.3) is 5.91 Å². The Hall–Kier alpha value is -3.38. The Labute approximate surface area is 297 Å². The van der Waals surface area contributed by atoms with Gasteiger partial charge in [0.05, 0.1) is 12.1 Å². The maximum atomic E-state index is 14.7. The van der Waals surface area contributed by atoms with Crippen molar-refractivity contribution in [2.75, 3.05) is 13.2 Å². The molecule has 0 aromatic carbocycles. The molecule has 13 heteroatoms. The van der Waals surface area contributed by atoms with E-state index in [1.807, 2.05) is 41.5 Å². The number of ketones is 1. The molecule has 0 aromatic heterocycles. The molecule has 3 aliphatic carbocycles. The number of ether oxygens (including phenoxy) is 1. The van der Waals surface area contributed by atoms with E-state index < -0.39 is 53.9 Å². The first kappa shape index (κ1) is 39.4. The molecule has 50 heavy (non-hydrogen) atoms. The molecule has 6 N–H and O–H groups in total. The molecule has 0 bridgehead atoms. The van der Waals surface area contributed by atoms with E-state index in [1.54, 1.807) is 4.90 Å². The molecule has 4 rings (SSSR count). The van der Waals surface area contributed by atoms with E-state index in [4.69, 9.17) is 10.5 Å². The number of amides is 6. The number of hydrogen-bond donors (Lipinski definition) is 5. The molecule has 1 heterocycles. The van der Waals surface area contributed by atoms with Gasteiger partial charge in [0.15, 0.2) is 0 Å². The van der Waals surface area contributed by atoms with Crippen LogP contribution in [0.3, 0.4) is 0 Å². The lowest BCUT2D eigenvalue weighted by atomic mass is 9.80. The number of nitrogens with two attached hydrogens (primary N) is 1. The molecular formula is C37H62N6O7. The van der Waals surface area contributed by atoms with Crippen LogP contribution in [0.25, 0.3) is 0 Å². The number of nitrogens with zero attached hydrogens (tertiary/aromatic N) is 1. The third kappa shape index (κ3) is 10.1. The van der Waals surface area contributed by atoms with E-state index in [0.717, 1.165) is 57.8 Å². The summed E-state index contributed by atoms with van der Waals surface area (Å²) in [7, 11) is 0. The normalized spacial score (nSPS) is 26.8. The van der Waals surface area contributed by atoms with Crippen LogP contribution in [0, 0.1) is 41.4 Å². The Kier molecular flexibility index (Phi) is 14.0. The zero-order valence-corrected chi connectivity index (χ0v) is 31.0. The monoisotopic (exact) mass is 702 g/mol. The van der Waals surface area contributed by atoms with Crippen molar-refractivity contribution in [3.05, 3.63) is 0 Å². The molecule has 13 nitrogen and oxygen atoms in total. The van der Waals surface area contributed by atoms with E-state index in [2.05, 4.69) is 21.3 Å². The lowest BCUT2D eigenvalue weighted by molar-refractivity contribution is -0.144. The van der Waals surface area contributed by atoms with Crippen LogP contribution < -0.4 is 27.0 Å². The summed E-state index contributed by atoms with van der Waals surface area (Å²) < 4.78 is 5.38. The van der Waals surface area contributed by atoms with Crippen molar-refractivity contribution in [2.45, 2.75) is 142 Å². The number of carbonyl (C=O) groups excluding carboxylic acids is 6. The summed E-state index contributed by atoms with van der Waals surface area (Å²) >= 11 is 0. The Morgan fingerprint density at radius 3 is 1.96 bits per heavy atom. The molecule has 6 amide bonds. The summed E-state index contributed by atoms with van der Waals surface area (Å²) in [6.07, 6.45) is 9.46. The summed E-state index contributed by atoms with van der Waals surface area (Å²) in [5, 5.41) is 11.5. The number of hydrogen-bond acceptors (Lipinski definition) is 7. The SMILES string of the molecule is CC(C)NC(=O)OC[C@@H](NC(=O)NC(C(=O)N1CC[C@H](C(C)C)C1C(=O)NC(CC1CCC1)C(=O)C(N)=O)C1CC2CCCCC2C1)C(C)C.